The van der Waals surface area contributed by atoms with Gasteiger partial charge in [0.1, 0.15) is 17.2 Å². The predicted octanol–water partition coefficient (Wildman–Crippen LogP) is 5.45. The van der Waals surface area contributed by atoms with Crippen LogP contribution in [0.1, 0.15) is 45.1 Å². The van der Waals surface area contributed by atoms with Gasteiger partial charge in [-0.2, -0.15) is 0 Å². The molecular formula is C21H28O3. The second kappa shape index (κ2) is 9.86. The van der Waals surface area contributed by atoms with Gasteiger partial charge in [-0.1, -0.05) is 32.0 Å². The van der Waals surface area contributed by atoms with E-state index >= 15 is 0 Å². The van der Waals surface area contributed by atoms with E-state index in [4.69, 9.17) is 14.2 Å². The summed E-state index contributed by atoms with van der Waals surface area (Å²) in [5.41, 5.74) is 1.36. The maximum atomic E-state index is 5.77. The van der Waals surface area contributed by atoms with Crippen LogP contribution in [0.25, 0.3) is 0 Å². The first kappa shape index (κ1) is 18.2. The fraction of sp³-hybridized carbons (Fsp3) is 0.429. The lowest BCUT2D eigenvalue weighted by Crippen LogP contribution is -2.05. The van der Waals surface area contributed by atoms with E-state index in [-0.39, 0.29) is 0 Å². The number of hydrogen-bond acceptors (Lipinski definition) is 3. The molecule has 0 fully saturated rings. The quantitative estimate of drug-likeness (QED) is 0.543. The first-order valence-corrected chi connectivity index (χ1v) is 8.81. The van der Waals surface area contributed by atoms with Crippen LogP contribution >= 0.6 is 0 Å². The Balaban J connectivity index is 1.68. The molecule has 0 saturated carbocycles. The minimum atomic E-state index is 0.597. The van der Waals surface area contributed by atoms with Gasteiger partial charge in [-0.15, -0.1) is 0 Å². The third-order valence-electron chi connectivity index (χ3n) is 4.00. The molecule has 0 saturated heterocycles. The maximum absolute atomic E-state index is 5.77. The monoisotopic (exact) mass is 328 g/mol. The zero-order valence-corrected chi connectivity index (χ0v) is 15.0. The third-order valence-corrected chi connectivity index (χ3v) is 4.00. The smallest absolute Gasteiger partial charge is 0.122 e. The van der Waals surface area contributed by atoms with Crippen molar-refractivity contribution in [2.24, 2.45) is 0 Å². The molecule has 24 heavy (non-hydrogen) atoms. The van der Waals surface area contributed by atoms with E-state index in [1.807, 2.05) is 43.3 Å². The lowest BCUT2D eigenvalue weighted by Gasteiger charge is -2.11. The van der Waals surface area contributed by atoms with Gasteiger partial charge >= 0.3 is 0 Å². The summed E-state index contributed by atoms with van der Waals surface area (Å²) in [7, 11) is 0. The molecule has 0 aliphatic heterocycles. The van der Waals surface area contributed by atoms with E-state index in [1.54, 1.807) is 0 Å². The Morgan fingerprint density at radius 3 is 2.04 bits per heavy atom. The molecule has 2 rings (SSSR count). The van der Waals surface area contributed by atoms with Crippen molar-refractivity contribution in [2.45, 2.75) is 39.5 Å². The molecule has 130 valence electrons. The van der Waals surface area contributed by atoms with Gasteiger partial charge in [0.15, 0.2) is 0 Å². The summed E-state index contributed by atoms with van der Waals surface area (Å²) in [6.07, 6.45) is 1.99. The van der Waals surface area contributed by atoms with E-state index in [1.165, 1.54) is 5.56 Å². The maximum Gasteiger partial charge on any atom is 0.122 e. The third kappa shape index (κ3) is 5.80. The second-order valence-corrected chi connectivity index (χ2v) is 5.84. The van der Waals surface area contributed by atoms with Gasteiger partial charge in [0.25, 0.3) is 0 Å². The summed E-state index contributed by atoms with van der Waals surface area (Å²) in [4.78, 5) is 0. The second-order valence-electron chi connectivity index (χ2n) is 5.84. The fourth-order valence-electron chi connectivity index (χ4n) is 2.39. The van der Waals surface area contributed by atoms with Gasteiger partial charge in [-0.25, -0.2) is 0 Å². The molecule has 0 spiro atoms. The van der Waals surface area contributed by atoms with E-state index in [0.717, 1.165) is 30.1 Å². The van der Waals surface area contributed by atoms with Crippen molar-refractivity contribution in [1.29, 1.82) is 0 Å². The molecule has 0 heterocycles. The summed E-state index contributed by atoms with van der Waals surface area (Å²) in [5.74, 6) is 3.19. The Morgan fingerprint density at radius 1 is 0.792 bits per heavy atom. The van der Waals surface area contributed by atoms with Crippen LogP contribution in [-0.4, -0.2) is 19.8 Å². The lowest BCUT2D eigenvalue weighted by atomic mass is 9.99. The molecule has 0 unspecified atom stereocenters. The molecule has 2 aromatic rings. The highest BCUT2D eigenvalue weighted by molar-refractivity contribution is 5.33. The molecule has 1 atom stereocenters. The Hall–Kier alpha value is -2.16. The predicted molar refractivity (Wildman–Crippen MR) is 98.4 cm³/mol. The van der Waals surface area contributed by atoms with E-state index in [9.17, 15) is 0 Å². The normalized spacial score (nSPS) is 11.8. The SMILES string of the molecule is CCOc1cccc(OCCCOc2ccc([C@@H](C)CC)cc2)c1. The first-order chi connectivity index (χ1) is 11.7. The average molecular weight is 328 g/mol. The zero-order valence-electron chi connectivity index (χ0n) is 15.0. The van der Waals surface area contributed by atoms with Crippen LogP contribution in [0.15, 0.2) is 48.5 Å². The van der Waals surface area contributed by atoms with Crippen molar-refractivity contribution in [3.63, 3.8) is 0 Å². The summed E-state index contributed by atoms with van der Waals surface area (Å²) in [5, 5.41) is 0. The van der Waals surface area contributed by atoms with Crippen molar-refractivity contribution < 1.29 is 14.2 Å². The molecule has 0 amide bonds. The summed E-state index contributed by atoms with van der Waals surface area (Å²) in [6, 6.07) is 16.1. The van der Waals surface area contributed by atoms with Crippen molar-refractivity contribution in [3.8, 4) is 17.2 Å². The van der Waals surface area contributed by atoms with Gasteiger partial charge in [-0.05, 0) is 49.1 Å². The average Bonchev–Trinajstić information content (AvgIpc) is 2.62. The number of ether oxygens (including phenoxy) is 3. The van der Waals surface area contributed by atoms with Gasteiger partial charge in [0.2, 0.25) is 0 Å². The van der Waals surface area contributed by atoms with E-state index in [0.29, 0.717) is 25.7 Å². The molecule has 3 nitrogen and oxygen atoms in total. The van der Waals surface area contributed by atoms with Crippen LogP contribution in [0.4, 0.5) is 0 Å². The van der Waals surface area contributed by atoms with Crippen LogP contribution in [-0.2, 0) is 0 Å². The molecule has 0 bridgehead atoms. The van der Waals surface area contributed by atoms with Crippen molar-refractivity contribution >= 4 is 0 Å². The van der Waals surface area contributed by atoms with Crippen LogP contribution in [0.5, 0.6) is 17.2 Å². The molecule has 0 radical (unpaired) electrons. The summed E-state index contributed by atoms with van der Waals surface area (Å²) in [6.45, 7) is 8.36. The highest BCUT2D eigenvalue weighted by Gasteiger charge is 2.03. The largest absolute Gasteiger partial charge is 0.494 e. The fourth-order valence-corrected chi connectivity index (χ4v) is 2.39. The molecule has 2 aromatic carbocycles. The molecule has 3 heteroatoms. The van der Waals surface area contributed by atoms with Gasteiger partial charge < -0.3 is 14.2 Å². The summed E-state index contributed by atoms with van der Waals surface area (Å²) >= 11 is 0. The number of rotatable bonds is 10. The molecule has 0 N–H and O–H groups in total. The number of hydrogen-bond donors (Lipinski definition) is 0. The van der Waals surface area contributed by atoms with Crippen molar-refractivity contribution in [2.75, 3.05) is 19.8 Å². The Kier molecular flexibility index (Phi) is 7.47. The van der Waals surface area contributed by atoms with Crippen LogP contribution in [0.3, 0.4) is 0 Å². The Morgan fingerprint density at radius 2 is 1.42 bits per heavy atom. The highest BCUT2D eigenvalue weighted by atomic mass is 16.5. The molecular weight excluding hydrogens is 300 g/mol. The Labute approximate surface area is 145 Å². The lowest BCUT2D eigenvalue weighted by molar-refractivity contribution is 0.246. The van der Waals surface area contributed by atoms with Gasteiger partial charge in [0.05, 0.1) is 19.8 Å². The van der Waals surface area contributed by atoms with Crippen LogP contribution in [0.2, 0.25) is 0 Å². The van der Waals surface area contributed by atoms with Crippen molar-refractivity contribution in [1.82, 2.24) is 0 Å². The van der Waals surface area contributed by atoms with Gasteiger partial charge in [-0.3, -0.25) is 0 Å². The minimum absolute atomic E-state index is 0.597. The van der Waals surface area contributed by atoms with E-state index < -0.39 is 0 Å². The Bertz CT molecular complexity index is 592. The van der Waals surface area contributed by atoms with Gasteiger partial charge in [0, 0.05) is 12.5 Å². The first-order valence-electron chi connectivity index (χ1n) is 8.81. The van der Waals surface area contributed by atoms with Crippen molar-refractivity contribution in [3.05, 3.63) is 54.1 Å². The molecule has 0 aromatic heterocycles. The molecule has 0 aliphatic carbocycles. The van der Waals surface area contributed by atoms with E-state index in [2.05, 4.69) is 26.0 Å². The summed E-state index contributed by atoms with van der Waals surface area (Å²) < 4.78 is 17.0. The molecule has 0 aliphatic rings. The van der Waals surface area contributed by atoms with Crippen LogP contribution in [0, 0.1) is 0 Å². The highest BCUT2D eigenvalue weighted by Crippen LogP contribution is 2.22. The standard InChI is InChI=1S/C21H28O3/c1-4-17(3)18-10-12-19(13-11-18)23-14-7-15-24-21-9-6-8-20(16-21)22-5-2/h6,8-13,16-17H,4-5,7,14-15H2,1-3H3/t17-/m0/s1. The topological polar surface area (TPSA) is 27.7 Å². The minimum Gasteiger partial charge on any atom is -0.494 e. The van der Waals surface area contributed by atoms with Crippen LogP contribution < -0.4 is 14.2 Å². The number of benzene rings is 2. The zero-order chi connectivity index (χ0) is 17.2.